The van der Waals surface area contributed by atoms with Crippen LogP contribution in [0, 0.1) is 5.82 Å². The van der Waals surface area contributed by atoms with Gasteiger partial charge in [-0.1, -0.05) is 12.1 Å². The lowest BCUT2D eigenvalue weighted by Crippen LogP contribution is -2.58. The first-order valence-corrected chi connectivity index (χ1v) is 10.8. The van der Waals surface area contributed by atoms with Gasteiger partial charge in [-0.3, -0.25) is 9.69 Å². The second kappa shape index (κ2) is 8.42. The molecule has 0 bridgehead atoms. The van der Waals surface area contributed by atoms with Crippen LogP contribution < -0.4 is 5.73 Å². The van der Waals surface area contributed by atoms with Crippen molar-refractivity contribution >= 4 is 16.1 Å². The zero-order chi connectivity index (χ0) is 20.5. The SMILES string of the molecule is C[C@@H]1CN(S(=O)(=O)N2CCN([C@@H](C(N)=O)c3ccc(F)cc3)CC2)C[C@@H](C)O1. The van der Waals surface area contributed by atoms with Crippen LogP contribution in [-0.4, -0.2) is 79.3 Å². The molecule has 0 aromatic heterocycles. The van der Waals surface area contributed by atoms with Gasteiger partial charge in [0.25, 0.3) is 10.2 Å². The van der Waals surface area contributed by atoms with Crippen LogP contribution in [0.1, 0.15) is 25.5 Å². The lowest BCUT2D eigenvalue weighted by atomic mass is 10.0. The minimum Gasteiger partial charge on any atom is -0.373 e. The standard InChI is InChI=1S/C18H27FN4O4S/c1-13-11-23(12-14(2)27-13)28(25,26)22-9-7-21(8-10-22)17(18(20)24)15-3-5-16(19)6-4-15/h3-6,13-14,17H,7-12H2,1-2H3,(H2,20,24)/t13-,14-,17-/m1/s1. The van der Waals surface area contributed by atoms with Crippen LogP contribution in [-0.2, 0) is 19.7 Å². The fraction of sp³-hybridized carbons (Fsp3) is 0.611. The predicted octanol–water partition coefficient (Wildman–Crippen LogP) is 0.324. The van der Waals surface area contributed by atoms with E-state index in [9.17, 15) is 17.6 Å². The highest BCUT2D eigenvalue weighted by atomic mass is 32.2. The molecule has 2 aliphatic heterocycles. The van der Waals surface area contributed by atoms with E-state index in [1.165, 1.54) is 32.9 Å². The summed E-state index contributed by atoms with van der Waals surface area (Å²) >= 11 is 0. The zero-order valence-electron chi connectivity index (χ0n) is 16.1. The summed E-state index contributed by atoms with van der Waals surface area (Å²) in [6.07, 6.45) is -0.310. The summed E-state index contributed by atoms with van der Waals surface area (Å²) < 4.78 is 47.7. The molecule has 8 nitrogen and oxygen atoms in total. The molecule has 10 heteroatoms. The van der Waals surface area contributed by atoms with Gasteiger partial charge in [-0.05, 0) is 31.5 Å². The quantitative estimate of drug-likeness (QED) is 0.749. The van der Waals surface area contributed by atoms with Crippen LogP contribution in [0.15, 0.2) is 24.3 Å². The molecule has 1 aromatic carbocycles. The molecule has 1 aromatic rings. The van der Waals surface area contributed by atoms with Crippen LogP contribution in [0.4, 0.5) is 4.39 Å². The van der Waals surface area contributed by atoms with E-state index in [-0.39, 0.29) is 25.3 Å². The van der Waals surface area contributed by atoms with Crippen LogP contribution in [0.2, 0.25) is 0 Å². The second-order valence-electron chi connectivity index (χ2n) is 7.37. The van der Waals surface area contributed by atoms with E-state index in [4.69, 9.17) is 10.5 Å². The molecular weight excluding hydrogens is 387 g/mol. The highest BCUT2D eigenvalue weighted by molar-refractivity contribution is 7.86. The molecule has 0 radical (unpaired) electrons. The third-order valence-corrected chi connectivity index (χ3v) is 7.10. The van der Waals surface area contributed by atoms with Gasteiger partial charge in [0.15, 0.2) is 0 Å². The first-order valence-electron chi connectivity index (χ1n) is 9.38. The number of morpholine rings is 1. The Balaban J connectivity index is 1.68. The number of benzene rings is 1. The monoisotopic (exact) mass is 414 g/mol. The summed E-state index contributed by atoms with van der Waals surface area (Å²) in [5.74, 6) is -0.935. The number of hydrogen-bond acceptors (Lipinski definition) is 5. The number of amides is 1. The Kier molecular flexibility index (Phi) is 6.35. The number of piperazine rings is 1. The van der Waals surface area contributed by atoms with E-state index >= 15 is 0 Å². The molecule has 3 rings (SSSR count). The van der Waals surface area contributed by atoms with Crippen LogP contribution in [0.5, 0.6) is 0 Å². The van der Waals surface area contributed by atoms with Crippen molar-refractivity contribution in [2.45, 2.75) is 32.1 Å². The molecule has 0 spiro atoms. The van der Waals surface area contributed by atoms with Crippen molar-refractivity contribution in [2.75, 3.05) is 39.3 Å². The van der Waals surface area contributed by atoms with E-state index in [0.717, 1.165) is 0 Å². The first-order chi connectivity index (χ1) is 13.2. The van der Waals surface area contributed by atoms with Crippen molar-refractivity contribution in [3.05, 3.63) is 35.6 Å². The molecule has 2 fully saturated rings. The average molecular weight is 415 g/mol. The molecule has 156 valence electrons. The highest BCUT2D eigenvalue weighted by Crippen LogP contribution is 2.25. The zero-order valence-corrected chi connectivity index (χ0v) is 16.9. The van der Waals surface area contributed by atoms with Gasteiger partial charge in [0.2, 0.25) is 5.91 Å². The first kappa shape index (κ1) is 21.1. The summed E-state index contributed by atoms with van der Waals surface area (Å²) in [5.41, 5.74) is 6.18. The van der Waals surface area contributed by atoms with Gasteiger partial charge < -0.3 is 10.5 Å². The fourth-order valence-electron chi connectivity index (χ4n) is 3.87. The molecule has 3 atom stereocenters. The molecule has 0 unspecified atom stereocenters. The highest BCUT2D eigenvalue weighted by Gasteiger charge is 2.38. The largest absolute Gasteiger partial charge is 0.373 e. The normalized spacial score (nSPS) is 26.8. The topological polar surface area (TPSA) is 96.2 Å². The third-order valence-electron chi connectivity index (χ3n) is 5.13. The summed E-state index contributed by atoms with van der Waals surface area (Å²) in [4.78, 5) is 13.9. The van der Waals surface area contributed by atoms with Crippen molar-refractivity contribution in [2.24, 2.45) is 5.73 Å². The van der Waals surface area contributed by atoms with Crippen LogP contribution in [0.3, 0.4) is 0 Å². The number of halogens is 1. The number of carbonyl (C=O) groups is 1. The average Bonchev–Trinajstić information content (AvgIpc) is 2.63. The maximum absolute atomic E-state index is 13.2. The molecular formula is C18H27FN4O4S. The predicted molar refractivity (Wildman–Crippen MR) is 102 cm³/mol. The molecule has 0 saturated carbocycles. The van der Waals surface area contributed by atoms with Crippen LogP contribution >= 0.6 is 0 Å². The van der Waals surface area contributed by atoms with Crippen molar-refractivity contribution in [1.82, 2.24) is 13.5 Å². The van der Waals surface area contributed by atoms with Crippen LogP contribution in [0.25, 0.3) is 0 Å². The molecule has 2 aliphatic rings. The fourth-order valence-corrected chi connectivity index (χ4v) is 5.62. The van der Waals surface area contributed by atoms with E-state index < -0.39 is 28.0 Å². The summed E-state index contributed by atoms with van der Waals surface area (Å²) in [6.45, 7) is 5.60. The summed E-state index contributed by atoms with van der Waals surface area (Å²) in [7, 11) is -3.60. The molecule has 28 heavy (non-hydrogen) atoms. The van der Waals surface area contributed by atoms with E-state index in [2.05, 4.69) is 0 Å². The lowest BCUT2D eigenvalue weighted by molar-refractivity contribution is -0.124. The minimum atomic E-state index is -3.60. The number of nitrogens with zero attached hydrogens (tertiary/aromatic N) is 3. The lowest BCUT2D eigenvalue weighted by Gasteiger charge is -2.41. The molecule has 2 heterocycles. The minimum absolute atomic E-state index is 0.155. The van der Waals surface area contributed by atoms with Gasteiger partial charge in [-0.2, -0.15) is 17.0 Å². The van der Waals surface area contributed by atoms with E-state index in [1.54, 1.807) is 0 Å². The summed E-state index contributed by atoms with van der Waals surface area (Å²) in [5, 5.41) is 0. The van der Waals surface area contributed by atoms with Gasteiger partial charge in [-0.25, -0.2) is 4.39 Å². The van der Waals surface area contributed by atoms with Gasteiger partial charge >= 0.3 is 0 Å². The van der Waals surface area contributed by atoms with Gasteiger partial charge in [-0.15, -0.1) is 0 Å². The van der Waals surface area contributed by atoms with Crippen molar-refractivity contribution in [1.29, 1.82) is 0 Å². The Morgan fingerprint density at radius 3 is 2.11 bits per heavy atom. The number of nitrogens with two attached hydrogens (primary N) is 1. The summed E-state index contributed by atoms with van der Waals surface area (Å²) in [6, 6.07) is 4.92. The second-order valence-corrected chi connectivity index (χ2v) is 9.30. The Bertz CT molecular complexity index is 786. The van der Waals surface area contributed by atoms with E-state index in [0.29, 0.717) is 31.7 Å². The Labute approximate surface area is 165 Å². The number of primary amides is 1. The maximum atomic E-state index is 13.2. The van der Waals surface area contributed by atoms with Gasteiger partial charge in [0.05, 0.1) is 12.2 Å². The molecule has 2 saturated heterocycles. The van der Waals surface area contributed by atoms with Crippen molar-refractivity contribution in [3.63, 3.8) is 0 Å². The van der Waals surface area contributed by atoms with Crippen molar-refractivity contribution < 1.29 is 22.3 Å². The number of hydrogen-bond donors (Lipinski definition) is 1. The number of carbonyl (C=O) groups excluding carboxylic acids is 1. The molecule has 1 amide bonds. The Morgan fingerprint density at radius 2 is 1.61 bits per heavy atom. The van der Waals surface area contributed by atoms with E-state index in [1.807, 2.05) is 18.7 Å². The Morgan fingerprint density at radius 1 is 1.07 bits per heavy atom. The smallest absolute Gasteiger partial charge is 0.282 e. The maximum Gasteiger partial charge on any atom is 0.282 e. The van der Waals surface area contributed by atoms with Gasteiger partial charge in [0, 0.05) is 39.3 Å². The number of ether oxygens (including phenoxy) is 1. The molecule has 0 aliphatic carbocycles. The number of rotatable bonds is 5. The molecule has 2 N–H and O–H groups in total. The van der Waals surface area contributed by atoms with Crippen molar-refractivity contribution in [3.8, 4) is 0 Å². The third kappa shape index (κ3) is 4.52. The Hall–Kier alpha value is -1.59. The van der Waals surface area contributed by atoms with Gasteiger partial charge in [0.1, 0.15) is 11.9 Å².